The minimum Gasteiger partial charge on any atom is -0.494 e. The molecule has 10 heteroatoms. The Hall–Kier alpha value is -4.79. The first-order valence-electron chi connectivity index (χ1n) is 16.7. The molecule has 256 valence electrons. The van der Waals surface area contributed by atoms with Gasteiger partial charge in [-0.3, -0.25) is 9.48 Å². The molecule has 50 heavy (non-hydrogen) atoms. The number of carboxylic acids is 1. The fourth-order valence-corrected chi connectivity index (χ4v) is 8.01. The van der Waals surface area contributed by atoms with Gasteiger partial charge in [-0.2, -0.15) is 5.10 Å². The Morgan fingerprint density at radius 3 is 2.34 bits per heavy atom. The number of ether oxygens (including phenoxy) is 1. The standard InChI is InChI=1S/C40H38Cl2N4O4/c1-21-18-26(19-22(2)36(21)42)50-17-9-13-29-30-15-16-32(41)35(34-24(4)43-44(6)25(34)5)37(30)46-23(3)20-45(39(47)38(29)46)33-14-8-10-27-28(33)11-7-12-31(27)40(48)49/h7-8,10-12,14-16,18-19,23H,9,13,17,20H2,1-6H3,(H,48,49). The van der Waals surface area contributed by atoms with Crippen LogP contribution in [0.1, 0.15) is 68.3 Å². The molecule has 0 bridgehead atoms. The van der Waals surface area contributed by atoms with Gasteiger partial charge < -0.3 is 19.3 Å². The predicted molar refractivity (Wildman–Crippen MR) is 201 cm³/mol. The van der Waals surface area contributed by atoms with Gasteiger partial charge in [-0.25, -0.2) is 4.79 Å². The maximum absolute atomic E-state index is 14.9. The molecule has 0 saturated carbocycles. The number of benzene rings is 4. The van der Waals surface area contributed by atoms with Crippen LogP contribution in [-0.2, 0) is 13.5 Å². The number of aromatic nitrogens is 3. The number of carbonyl (C=O) groups is 2. The molecule has 0 spiro atoms. The summed E-state index contributed by atoms with van der Waals surface area (Å²) >= 11 is 13.5. The Morgan fingerprint density at radius 1 is 0.960 bits per heavy atom. The smallest absolute Gasteiger partial charge is 0.336 e. The van der Waals surface area contributed by atoms with Crippen molar-refractivity contribution in [3.8, 4) is 16.9 Å². The van der Waals surface area contributed by atoms with Gasteiger partial charge >= 0.3 is 5.97 Å². The third-order valence-corrected chi connectivity index (χ3v) is 10.9. The summed E-state index contributed by atoms with van der Waals surface area (Å²) < 4.78 is 10.2. The first-order valence-corrected chi connectivity index (χ1v) is 17.5. The molecular weight excluding hydrogens is 671 g/mol. The normalized spacial score (nSPS) is 14.5. The maximum Gasteiger partial charge on any atom is 0.336 e. The average Bonchev–Trinajstić information content (AvgIpc) is 3.55. The van der Waals surface area contributed by atoms with Crippen molar-refractivity contribution in [3.63, 3.8) is 0 Å². The molecule has 1 aliphatic rings. The van der Waals surface area contributed by atoms with E-state index in [0.29, 0.717) is 53.2 Å². The third-order valence-electron chi connectivity index (χ3n) is 9.98. The third kappa shape index (κ3) is 5.42. The molecule has 1 N–H and O–H groups in total. The monoisotopic (exact) mass is 708 g/mol. The summed E-state index contributed by atoms with van der Waals surface area (Å²) in [5, 5.41) is 18.2. The van der Waals surface area contributed by atoms with Crippen molar-refractivity contribution in [1.82, 2.24) is 14.3 Å². The number of hydrogen-bond donors (Lipinski definition) is 1. The van der Waals surface area contributed by atoms with E-state index in [1.54, 1.807) is 23.1 Å². The van der Waals surface area contributed by atoms with Gasteiger partial charge in [-0.15, -0.1) is 0 Å². The van der Waals surface area contributed by atoms with E-state index in [1.165, 1.54) is 0 Å². The van der Waals surface area contributed by atoms with Crippen molar-refractivity contribution in [1.29, 1.82) is 0 Å². The van der Waals surface area contributed by atoms with Gasteiger partial charge in [0, 0.05) is 52.3 Å². The van der Waals surface area contributed by atoms with Crippen LogP contribution in [-0.4, -0.2) is 44.5 Å². The zero-order valence-corrected chi connectivity index (χ0v) is 30.4. The lowest BCUT2D eigenvalue weighted by atomic mass is 9.98. The van der Waals surface area contributed by atoms with E-state index in [4.69, 9.17) is 33.0 Å². The number of aryl methyl sites for hydroxylation is 5. The van der Waals surface area contributed by atoms with Gasteiger partial charge in [-0.1, -0.05) is 53.5 Å². The highest BCUT2D eigenvalue weighted by Crippen LogP contribution is 2.45. The van der Waals surface area contributed by atoms with Gasteiger partial charge in [0.2, 0.25) is 0 Å². The number of halogens is 2. The second-order valence-electron chi connectivity index (χ2n) is 13.3. The Bertz CT molecular complexity index is 2350. The first kappa shape index (κ1) is 33.7. The number of anilines is 1. The number of hydrogen-bond acceptors (Lipinski definition) is 4. The summed E-state index contributed by atoms with van der Waals surface area (Å²) in [6.45, 7) is 10.9. The SMILES string of the molecule is Cc1cc(OCCCc2c3n(c4c(-c5c(C)nn(C)c5C)c(Cl)ccc24)C(C)CN(c2cccc4c(C(=O)O)cccc24)C3=O)cc(C)c1Cl. The highest BCUT2D eigenvalue weighted by atomic mass is 35.5. The number of nitrogens with zero attached hydrogens (tertiary/aromatic N) is 4. The Labute approximate surface area is 300 Å². The van der Waals surface area contributed by atoms with Gasteiger partial charge in [0.15, 0.2) is 0 Å². The topological polar surface area (TPSA) is 89.6 Å². The van der Waals surface area contributed by atoms with Crippen molar-refractivity contribution in [2.24, 2.45) is 7.05 Å². The molecule has 4 aromatic carbocycles. The number of rotatable bonds is 8. The molecule has 1 amide bonds. The Kier molecular flexibility index (Phi) is 8.65. The molecule has 8 nitrogen and oxygen atoms in total. The molecular formula is C40H38Cl2N4O4. The van der Waals surface area contributed by atoms with Crippen LogP contribution in [0.5, 0.6) is 5.75 Å². The lowest BCUT2D eigenvalue weighted by molar-refractivity contribution is 0.0698. The summed E-state index contributed by atoms with van der Waals surface area (Å²) in [4.78, 5) is 28.8. The van der Waals surface area contributed by atoms with Crippen LogP contribution in [0.15, 0.2) is 60.7 Å². The zero-order valence-electron chi connectivity index (χ0n) is 28.9. The van der Waals surface area contributed by atoms with Gasteiger partial charge in [0.1, 0.15) is 11.4 Å². The van der Waals surface area contributed by atoms with Crippen molar-refractivity contribution in [2.45, 2.75) is 53.5 Å². The number of carboxylic acid groups (broad SMARTS) is 1. The summed E-state index contributed by atoms with van der Waals surface area (Å²) in [5.41, 5.74) is 8.92. The van der Waals surface area contributed by atoms with Crippen molar-refractivity contribution in [3.05, 3.63) is 110 Å². The minimum absolute atomic E-state index is 0.136. The lowest BCUT2D eigenvalue weighted by Crippen LogP contribution is -2.42. The predicted octanol–water partition coefficient (Wildman–Crippen LogP) is 9.67. The van der Waals surface area contributed by atoms with E-state index >= 15 is 0 Å². The van der Waals surface area contributed by atoms with E-state index in [0.717, 1.165) is 60.9 Å². The quantitative estimate of drug-likeness (QED) is 0.159. The van der Waals surface area contributed by atoms with E-state index in [2.05, 4.69) is 11.5 Å². The van der Waals surface area contributed by atoms with Gasteiger partial charge in [0.25, 0.3) is 5.91 Å². The fraction of sp³-hybridized carbons (Fsp3) is 0.275. The molecule has 1 atom stereocenters. The molecule has 7 rings (SSSR count). The molecule has 6 aromatic rings. The summed E-state index contributed by atoms with van der Waals surface area (Å²) in [6.07, 6.45) is 1.25. The molecule has 0 fully saturated rings. The average molecular weight is 710 g/mol. The fourth-order valence-electron chi connectivity index (χ4n) is 7.65. The van der Waals surface area contributed by atoms with E-state index in [9.17, 15) is 14.7 Å². The van der Waals surface area contributed by atoms with Crippen LogP contribution in [0.25, 0.3) is 32.8 Å². The Morgan fingerprint density at radius 2 is 1.66 bits per heavy atom. The number of aromatic carboxylic acids is 1. The second kappa shape index (κ2) is 12.8. The summed E-state index contributed by atoms with van der Waals surface area (Å²) in [7, 11) is 1.92. The largest absolute Gasteiger partial charge is 0.494 e. The highest BCUT2D eigenvalue weighted by Gasteiger charge is 2.37. The summed E-state index contributed by atoms with van der Waals surface area (Å²) in [6, 6.07) is 18.4. The number of carbonyl (C=O) groups excluding carboxylic acids is 1. The van der Waals surface area contributed by atoms with E-state index in [-0.39, 0.29) is 17.5 Å². The van der Waals surface area contributed by atoms with Crippen LogP contribution in [0, 0.1) is 27.7 Å². The molecule has 0 saturated heterocycles. The van der Waals surface area contributed by atoms with Crippen molar-refractivity contribution < 1.29 is 19.4 Å². The van der Waals surface area contributed by atoms with Crippen molar-refractivity contribution >= 4 is 62.4 Å². The Balaban J connectivity index is 1.38. The van der Waals surface area contributed by atoms with Crippen LogP contribution >= 0.6 is 23.2 Å². The first-order chi connectivity index (χ1) is 23.9. The molecule has 1 unspecified atom stereocenters. The van der Waals surface area contributed by atoms with Crippen LogP contribution < -0.4 is 9.64 Å². The van der Waals surface area contributed by atoms with Gasteiger partial charge in [-0.05, 0) is 99.9 Å². The maximum atomic E-state index is 14.9. The number of fused-ring (bicyclic) bond motifs is 4. The second-order valence-corrected chi connectivity index (χ2v) is 14.0. The van der Waals surface area contributed by atoms with E-state index in [1.807, 2.05) is 81.9 Å². The van der Waals surface area contributed by atoms with Crippen LogP contribution in [0.2, 0.25) is 10.0 Å². The van der Waals surface area contributed by atoms with Gasteiger partial charge in [0.05, 0.1) is 34.1 Å². The minimum atomic E-state index is -1.01. The lowest BCUT2D eigenvalue weighted by Gasteiger charge is -2.35. The molecule has 0 radical (unpaired) electrons. The summed E-state index contributed by atoms with van der Waals surface area (Å²) in [5.74, 6) is -0.392. The van der Waals surface area contributed by atoms with Crippen molar-refractivity contribution in [2.75, 3.05) is 18.1 Å². The molecule has 3 heterocycles. The zero-order chi connectivity index (χ0) is 35.6. The van der Waals surface area contributed by atoms with Crippen LogP contribution in [0.3, 0.4) is 0 Å². The highest BCUT2D eigenvalue weighted by molar-refractivity contribution is 6.35. The molecule has 2 aromatic heterocycles. The molecule has 0 aliphatic carbocycles. The van der Waals surface area contributed by atoms with Crippen LogP contribution in [0.4, 0.5) is 5.69 Å². The molecule has 1 aliphatic heterocycles. The van der Waals surface area contributed by atoms with E-state index < -0.39 is 5.97 Å². The number of amides is 1.